The smallest absolute Gasteiger partial charge is 0.264 e. The summed E-state index contributed by atoms with van der Waals surface area (Å²) in [5, 5.41) is 2.88. The van der Waals surface area contributed by atoms with Crippen molar-refractivity contribution in [2.24, 2.45) is 0 Å². The lowest BCUT2D eigenvalue weighted by Crippen LogP contribution is -2.54. The van der Waals surface area contributed by atoms with Gasteiger partial charge in [-0.05, 0) is 80.4 Å². The Kier molecular flexibility index (Phi) is 10.5. The van der Waals surface area contributed by atoms with Crippen molar-refractivity contribution < 1.29 is 26.8 Å². The number of sulfonamides is 1. The molecule has 0 fully saturated rings. The molecular formula is C34H35F2N3O4S. The van der Waals surface area contributed by atoms with Gasteiger partial charge in [-0.15, -0.1) is 0 Å². The predicted octanol–water partition coefficient (Wildman–Crippen LogP) is 5.63. The standard InChI is InChI=1S/C34H35F2N3O4S/c1-24(2)37-34(41)32(21-26-7-5-4-6-8-26)38(22-27-11-13-28(35)14-12-27)33(40)23-39(30-17-15-29(36)16-18-30)44(42,43)31-19-9-25(3)10-20-31/h4-20,24,32H,21-23H2,1-3H3,(H,37,41)/t32-/m0/s1. The highest BCUT2D eigenvalue weighted by atomic mass is 32.2. The maximum Gasteiger partial charge on any atom is 0.264 e. The van der Waals surface area contributed by atoms with Gasteiger partial charge in [0, 0.05) is 19.0 Å². The molecule has 0 spiro atoms. The van der Waals surface area contributed by atoms with E-state index < -0.39 is 46.1 Å². The molecule has 1 atom stereocenters. The van der Waals surface area contributed by atoms with Crippen molar-refractivity contribution in [3.8, 4) is 0 Å². The Morgan fingerprint density at radius 3 is 1.91 bits per heavy atom. The van der Waals surface area contributed by atoms with Gasteiger partial charge in [0.2, 0.25) is 11.8 Å². The molecule has 230 valence electrons. The maximum absolute atomic E-state index is 14.3. The summed E-state index contributed by atoms with van der Waals surface area (Å²) in [6.07, 6.45) is 0.146. The Labute approximate surface area is 257 Å². The second-order valence-electron chi connectivity index (χ2n) is 10.8. The molecule has 0 unspecified atom stereocenters. The normalized spacial score (nSPS) is 12.0. The van der Waals surface area contributed by atoms with Crippen molar-refractivity contribution in [2.75, 3.05) is 10.8 Å². The van der Waals surface area contributed by atoms with E-state index in [-0.39, 0.29) is 29.6 Å². The van der Waals surface area contributed by atoms with Gasteiger partial charge in [-0.25, -0.2) is 17.2 Å². The molecule has 7 nitrogen and oxygen atoms in total. The number of carbonyl (C=O) groups is 2. The van der Waals surface area contributed by atoms with Crippen LogP contribution >= 0.6 is 0 Å². The van der Waals surface area contributed by atoms with Crippen LogP contribution in [-0.2, 0) is 32.6 Å². The van der Waals surface area contributed by atoms with Crippen LogP contribution < -0.4 is 9.62 Å². The van der Waals surface area contributed by atoms with Crippen LogP contribution in [-0.4, -0.2) is 43.8 Å². The summed E-state index contributed by atoms with van der Waals surface area (Å²) in [6, 6.07) is 24.4. The minimum atomic E-state index is -4.30. The maximum atomic E-state index is 14.3. The number of hydrogen-bond donors (Lipinski definition) is 1. The van der Waals surface area contributed by atoms with Crippen LogP contribution in [0.3, 0.4) is 0 Å². The summed E-state index contributed by atoms with van der Waals surface area (Å²) in [5.74, 6) is -2.13. The van der Waals surface area contributed by atoms with E-state index >= 15 is 0 Å². The first-order valence-electron chi connectivity index (χ1n) is 14.2. The Morgan fingerprint density at radius 2 is 1.34 bits per heavy atom. The van der Waals surface area contributed by atoms with Crippen molar-refractivity contribution in [2.45, 2.75) is 50.7 Å². The molecular weight excluding hydrogens is 584 g/mol. The summed E-state index contributed by atoms with van der Waals surface area (Å²) in [4.78, 5) is 29.2. The van der Waals surface area contributed by atoms with Gasteiger partial charge in [-0.2, -0.15) is 0 Å². The quantitative estimate of drug-likeness (QED) is 0.223. The van der Waals surface area contributed by atoms with Gasteiger partial charge in [0.1, 0.15) is 24.2 Å². The van der Waals surface area contributed by atoms with Crippen molar-refractivity contribution in [3.63, 3.8) is 0 Å². The van der Waals surface area contributed by atoms with Gasteiger partial charge >= 0.3 is 0 Å². The second-order valence-corrected chi connectivity index (χ2v) is 12.7. The molecule has 0 bridgehead atoms. The fourth-order valence-electron chi connectivity index (χ4n) is 4.69. The highest BCUT2D eigenvalue weighted by Crippen LogP contribution is 2.26. The topological polar surface area (TPSA) is 86.8 Å². The summed E-state index contributed by atoms with van der Waals surface area (Å²) < 4.78 is 56.5. The van der Waals surface area contributed by atoms with Crippen LogP contribution in [0.5, 0.6) is 0 Å². The highest BCUT2D eigenvalue weighted by Gasteiger charge is 2.34. The average Bonchev–Trinajstić information content (AvgIpc) is 2.99. The average molecular weight is 620 g/mol. The molecule has 10 heteroatoms. The van der Waals surface area contributed by atoms with Crippen molar-refractivity contribution in [1.82, 2.24) is 10.2 Å². The van der Waals surface area contributed by atoms with Gasteiger partial charge in [0.15, 0.2) is 0 Å². The van der Waals surface area contributed by atoms with Crippen LogP contribution in [0.25, 0.3) is 0 Å². The molecule has 0 heterocycles. The fraction of sp³-hybridized carbons (Fsp3) is 0.235. The number of halogens is 2. The van der Waals surface area contributed by atoms with Crippen molar-refractivity contribution in [1.29, 1.82) is 0 Å². The largest absolute Gasteiger partial charge is 0.352 e. The predicted molar refractivity (Wildman–Crippen MR) is 166 cm³/mol. The van der Waals surface area contributed by atoms with Gasteiger partial charge in [0.25, 0.3) is 10.0 Å². The van der Waals surface area contributed by atoms with Crippen LogP contribution in [0.1, 0.15) is 30.5 Å². The van der Waals surface area contributed by atoms with E-state index in [0.29, 0.717) is 5.56 Å². The number of nitrogens with zero attached hydrogens (tertiary/aromatic N) is 2. The zero-order valence-electron chi connectivity index (χ0n) is 24.8. The molecule has 0 radical (unpaired) electrons. The first kappa shape index (κ1) is 32.3. The molecule has 4 aromatic rings. The van der Waals surface area contributed by atoms with Crippen LogP contribution in [0.4, 0.5) is 14.5 Å². The molecule has 4 aromatic carbocycles. The number of anilines is 1. The lowest BCUT2D eigenvalue weighted by atomic mass is 10.0. The lowest BCUT2D eigenvalue weighted by Gasteiger charge is -2.34. The van der Waals surface area contributed by atoms with Gasteiger partial charge in [0.05, 0.1) is 10.6 Å². The van der Waals surface area contributed by atoms with Gasteiger partial charge < -0.3 is 10.2 Å². The second kappa shape index (κ2) is 14.3. The highest BCUT2D eigenvalue weighted by molar-refractivity contribution is 7.92. The SMILES string of the molecule is Cc1ccc(S(=O)(=O)N(CC(=O)N(Cc2ccc(F)cc2)[C@@H](Cc2ccccc2)C(=O)NC(C)C)c2ccc(F)cc2)cc1. The Bertz CT molecular complexity index is 1660. The van der Waals surface area contributed by atoms with Crippen LogP contribution in [0, 0.1) is 18.6 Å². The summed E-state index contributed by atoms with van der Waals surface area (Å²) in [5.41, 5.74) is 2.26. The van der Waals surface area contributed by atoms with E-state index in [2.05, 4.69) is 5.32 Å². The Hall–Kier alpha value is -4.57. The molecule has 0 aliphatic carbocycles. The number of amides is 2. The van der Waals surface area contributed by atoms with E-state index in [9.17, 15) is 26.8 Å². The van der Waals surface area contributed by atoms with Crippen molar-refractivity contribution in [3.05, 3.63) is 131 Å². The molecule has 4 rings (SSSR count). The molecule has 0 saturated heterocycles. The molecule has 0 aromatic heterocycles. The minimum Gasteiger partial charge on any atom is -0.352 e. The number of benzene rings is 4. The third kappa shape index (κ3) is 8.29. The van der Waals surface area contributed by atoms with Gasteiger partial charge in [-0.3, -0.25) is 13.9 Å². The molecule has 44 heavy (non-hydrogen) atoms. The molecule has 2 amide bonds. The van der Waals surface area contributed by atoms with E-state index in [1.54, 1.807) is 26.0 Å². The Balaban J connectivity index is 1.79. The minimum absolute atomic E-state index is 0.0521. The molecule has 0 aliphatic heterocycles. The summed E-state index contributed by atoms with van der Waals surface area (Å²) in [6.45, 7) is 4.65. The molecule has 0 aliphatic rings. The third-order valence-corrected chi connectivity index (χ3v) is 8.76. The van der Waals surface area contributed by atoms with E-state index in [0.717, 1.165) is 27.6 Å². The Morgan fingerprint density at radius 1 is 0.773 bits per heavy atom. The van der Waals surface area contributed by atoms with Gasteiger partial charge in [-0.1, -0.05) is 60.2 Å². The monoisotopic (exact) mass is 619 g/mol. The molecule has 1 N–H and O–H groups in total. The molecule has 0 saturated carbocycles. The zero-order valence-corrected chi connectivity index (χ0v) is 25.6. The van der Waals surface area contributed by atoms with E-state index in [1.807, 2.05) is 37.3 Å². The summed E-state index contributed by atoms with van der Waals surface area (Å²) in [7, 11) is -4.30. The van der Waals surface area contributed by atoms with E-state index in [4.69, 9.17) is 0 Å². The first-order valence-corrected chi connectivity index (χ1v) is 15.6. The lowest BCUT2D eigenvalue weighted by molar-refractivity contribution is -0.140. The fourth-order valence-corrected chi connectivity index (χ4v) is 6.11. The summed E-state index contributed by atoms with van der Waals surface area (Å²) >= 11 is 0. The number of hydrogen-bond acceptors (Lipinski definition) is 4. The first-order chi connectivity index (χ1) is 20.9. The number of aryl methyl sites for hydroxylation is 1. The van der Waals surface area contributed by atoms with Crippen LogP contribution in [0.15, 0.2) is 108 Å². The van der Waals surface area contributed by atoms with E-state index in [1.165, 1.54) is 53.4 Å². The number of nitrogens with one attached hydrogen (secondary N) is 1. The zero-order chi connectivity index (χ0) is 31.9. The third-order valence-electron chi connectivity index (χ3n) is 6.97. The number of carbonyl (C=O) groups excluding carboxylic acids is 2. The van der Waals surface area contributed by atoms with Crippen LogP contribution in [0.2, 0.25) is 0 Å². The number of rotatable bonds is 12. The van der Waals surface area contributed by atoms with Crippen molar-refractivity contribution >= 4 is 27.5 Å².